The maximum absolute atomic E-state index is 14.1. The molecule has 1 aromatic rings. The lowest BCUT2D eigenvalue weighted by molar-refractivity contribution is -0.408. The molecule has 3 nitrogen and oxygen atoms in total. The minimum atomic E-state index is -5.72. The normalized spacial score (nSPS) is 32.1. The van der Waals surface area contributed by atoms with Crippen LogP contribution in [0.5, 0.6) is 0 Å². The van der Waals surface area contributed by atoms with Gasteiger partial charge in [0.05, 0.1) is 6.10 Å². The van der Waals surface area contributed by atoms with Gasteiger partial charge in [-0.25, -0.2) is 0 Å². The smallest absolute Gasteiger partial charge is 0.315 e. The van der Waals surface area contributed by atoms with Crippen LogP contribution >= 0.6 is 0 Å². The minimum absolute atomic E-state index is 0.00489. The van der Waals surface area contributed by atoms with E-state index in [4.69, 9.17) is 0 Å². The Morgan fingerprint density at radius 2 is 1.79 bits per heavy atom. The topological polar surface area (TPSA) is 24.5 Å². The number of fused-ring (bicyclic) bond motifs is 1. The Morgan fingerprint density at radius 1 is 1.08 bits per heavy atom. The molecular formula is C31H45F5N2O. The highest BCUT2D eigenvalue weighted by molar-refractivity contribution is 5.38. The zero-order valence-electron chi connectivity index (χ0n) is 23.8. The van der Waals surface area contributed by atoms with Crippen LogP contribution in [0, 0.1) is 17.3 Å². The summed E-state index contributed by atoms with van der Waals surface area (Å²) in [5.74, 6) is 0.0616. The quantitative estimate of drug-likeness (QED) is 0.259. The van der Waals surface area contributed by atoms with Gasteiger partial charge in [0.25, 0.3) is 0 Å². The molecule has 0 radical (unpaired) electrons. The lowest BCUT2D eigenvalue weighted by Crippen LogP contribution is -2.49. The van der Waals surface area contributed by atoms with Crippen molar-refractivity contribution in [3.05, 3.63) is 46.5 Å². The first-order valence-electron chi connectivity index (χ1n) is 14.7. The highest BCUT2D eigenvalue weighted by atomic mass is 19.4. The molecule has 1 heterocycles. The summed E-state index contributed by atoms with van der Waals surface area (Å²) in [6.45, 7) is 13.3. The molecule has 5 unspecified atom stereocenters. The lowest BCUT2D eigenvalue weighted by atomic mass is 9.56. The van der Waals surface area contributed by atoms with Gasteiger partial charge in [0.1, 0.15) is 0 Å². The van der Waals surface area contributed by atoms with Gasteiger partial charge in [0.15, 0.2) is 0 Å². The van der Waals surface area contributed by atoms with Crippen molar-refractivity contribution >= 4 is 0 Å². The fourth-order valence-electron chi connectivity index (χ4n) is 7.60. The monoisotopic (exact) mass is 556 g/mol. The van der Waals surface area contributed by atoms with Crippen LogP contribution in [0.4, 0.5) is 22.0 Å². The summed E-state index contributed by atoms with van der Waals surface area (Å²) in [5.41, 5.74) is 4.25. The third-order valence-electron chi connectivity index (χ3n) is 9.68. The molecule has 1 saturated heterocycles. The Hall–Kier alpha value is -1.51. The third-order valence-corrected chi connectivity index (χ3v) is 9.68. The second-order valence-electron chi connectivity index (χ2n) is 12.3. The largest absolute Gasteiger partial charge is 0.482 e. The molecule has 3 fully saturated rings. The molecule has 0 bridgehead atoms. The number of unbranched alkanes of at least 4 members (excludes halogenated alkanes) is 1. The van der Waals surface area contributed by atoms with Crippen molar-refractivity contribution in [2.24, 2.45) is 17.3 Å². The van der Waals surface area contributed by atoms with Crippen molar-refractivity contribution < 1.29 is 26.7 Å². The maximum atomic E-state index is 14.1. The van der Waals surface area contributed by atoms with Crippen LogP contribution < -0.4 is 5.32 Å². The molecule has 2 aliphatic carbocycles. The number of nitrogens with one attached hydrogen (secondary N) is 1. The Balaban J connectivity index is 1.63. The number of nitrogens with zero attached hydrogens (tertiary/aromatic N) is 1. The van der Waals surface area contributed by atoms with Crippen LogP contribution in [-0.2, 0) is 11.3 Å². The summed E-state index contributed by atoms with van der Waals surface area (Å²) >= 11 is 0. The zero-order chi connectivity index (χ0) is 28.4. The van der Waals surface area contributed by atoms with Crippen molar-refractivity contribution in [3.8, 4) is 0 Å². The van der Waals surface area contributed by atoms with E-state index in [-0.39, 0.29) is 24.2 Å². The molecule has 1 N–H and O–H groups in total. The maximum Gasteiger partial charge on any atom is 0.482 e. The molecule has 3 aliphatic rings. The van der Waals surface area contributed by atoms with Gasteiger partial charge in [-0.3, -0.25) is 4.90 Å². The molecule has 1 aliphatic heterocycles. The number of hydrogen-bond acceptors (Lipinski definition) is 3. The van der Waals surface area contributed by atoms with Gasteiger partial charge < -0.3 is 10.1 Å². The van der Waals surface area contributed by atoms with Gasteiger partial charge in [0, 0.05) is 25.6 Å². The number of alkyl halides is 5. The Kier molecular flexibility index (Phi) is 9.49. The first kappa shape index (κ1) is 30.4. The molecule has 0 spiro atoms. The second-order valence-corrected chi connectivity index (χ2v) is 12.3. The van der Waals surface area contributed by atoms with Crippen LogP contribution in [0.2, 0.25) is 0 Å². The predicted molar refractivity (Wildman–Crippen MR) is 145 cm³/mol. The molecule has 0 aromatic heterocycles. The van der Waals surface area contributed by atoms with E-state index >= 15 is 0 Å². The van der Waals surface area contributed by atoms with Crippen LogP contribution in [-0.4, -0.2) is 49.5 Å². The van der Waals surface area contributed by atoms with Crippen molar-refractivity contribution in [2.75, 3.05) is 26.2 Å². The third kappa shape index (κ3) is 6.54. The molecule has 220 valence electrons. The predicted octanol–water partition coefficient (Wildman–Crippen LogP) is 8.07. The van der Waals surface area contributed by atoms with Gasteiger partial charge in [0.2, 0.25) is 0 Å². The summed E-state index contributed by atoms with van der Waals surface area (Å²) in [7, 11) is 0. The van der Waals surface area contributed by atoms with E-state index in [1.165, 1.54) is 16.7 Å². The van der Waals surface area contributed by atoms with Gasteiger partial charge in [-0.05, 0) is 86.9 Å². The Bertz CT molecular complexity index is 984. The number of halogens is 5. The SMILES string of the molecule is CCCCC(C)=C1C(c2ccc(CN3CCCNCC3)cc2)CC2(C)C(OC(F)(F)C(F)(F)F)CCC2C1C. The van der Waals surface area contributed by atoms with E-state index < -0.39 is 23.8 Å². The number of allylic oxidation sites excluding steroid dienone is 2. The Morgan fingerprint density at radius 3 is 2.46 bits per heavy atom. The molecule has 1 aromatic carbocycles. The fourth-order valence-corrected chi connectivity index (χ4v) is 7.60. The van der Waals surface area contributed by atoms with Gasteiger partial charge >= 0.3 is 12.3 Å². The van der Waals surface area contributed by atoms with Crippen LogP contribution in [0.1, 0.15) is 89.7 Å². The van der Waals surface area contributed by atoms with Crippen molar-refractivity contribution in [2.45, 2.75) is 103 Å². The molecule has 0 amide bonds. The summed E-state index contributed by atoms with van der Waals surface area (Å²) in [6.07, 6.45) is -6.44. The molecule has 4 rings (SSSR count). The summed E-state index contributed by atoms with van der Waals surface area (Å²) in [5, 5.41) is 3.43. The molecule has 39 heavy (non-hydrogen) atoms. The fraction of sp³-hybridized carbons (Fsp3) is 0.742. The lowest BCUT2D eigenvalue weighted by Gasteiger charge is -2.50. The van der Waals surface area contributed by atoms with Gasteiger partial charge in [-0.15, -0.1) is 0 Å². The summed E-state index contributed by atoms with van der Waals surface area (Å²) in [6, 6.07) is 8.61. The highest BCUT2D eigenvalue weighted by Crippen LogP contribution is 2.62. The average Bonchev–Trinajstić information content (AvgIpc) is 3.02. The first-order valence-corrected chi connectivity index (χ1v) is 14.7. The average molecular weight is 557 g/mol. The summed E-state index contributed by atoms with van der Waals surface area (Å²) in [4.78, 5) is 2.45. The summed E-state index contributed by atoms with van der Waals surface area (Å²) < 4.78 is 72.0. The first-order chi connectivity index (χ1) is 18.4. The van der Waals surface area contributed by atoms with E-state index in [1.54, 1.807) is 0 Å². The number of hydrogen-bond donors (Lipinski definition) is 1. The van der Waals surface area contributed by atoms with Gasteiger partial charge in [-0.1, -0.05) is 62.6 Å². The molecule has 2 saturated carbocycles. The highest BCUT2D eigenvalue weighted by Gasteiger charge is 2.64. The Labute approximate surface area is 230 Å². The molecule has 5 atom stereocenters. The van der Waals surface area contributed by atoms with E-state index in [0.717, 1.165) is 64.0 Å². The van der Waals surface area contributed by atoms with E-state index in [0.29, 0.717) is 12.8 Å². The second kappa shape index (κ2) is 12.2. The molecule has 8 heteroatoms. The number of ether oxygens (including phenoxy) is 1. The molecular weight excluding hydrogens is 511 g/mol. The standard InChI is InChI=1S/C31H45F5N2O/c1-5-6-8-21(2)28-22(3)26-13-14-27(39-31(35,36)30(32,33)34)29(26,4)19-25(28)24-11-9-23(10-12-24)20-38-17-7-15-37-16-18-38/h9-12,22,25-27,37H,5-8,13-20H2,1-4H3. The number of benzene rings is 1. The van der Waals surface area contributed by atoms with Crippen molar-refractivity contribution in [1.29, 1.82) is 0 Å². The van der Waals surface area contributed by atoms with Crippen LogP contribution in [0.15, 0.2) is 35.4 Å². The van der Waals surface area contributed by atoms with E-state index in [1.807, 2.05) is 6.92 Å². The zero-order valence-corrected chi connectivity index (χ0v) is 23.8. The van der Waals surface area contributed by atoms with E-state index in [2.05, 4.69) is 60.0 Å². The van der Waals surface area contributed by atoms with Crippen molar-refractivity contribution in [3.63, 3.8) is 0 Å². The van der Waals surface area contributed by atoms with Gasteiger partial charge in [-0.2, -0.15) is 22.0 Å². The number of rotatable bonds is 8. The van der Waals surface area contributed by atoms with Crippen molar-refractivity contribution in [1.82, 2.24) is 10.2 Å². The minimum Gasteiger partial charge on any atom is -0.315 e. The van der Waals surface area contributed by atoms with Crippen LogP contribution in [0.3, 0.4) is 0 Å². The van der Waals surface area contributed by atoms with E-state index in [9.17, 15) is 22.0 Å². The van der Waals surface area contributed by atoms with Crippen LogP contribution in [0.25, 0.3) is 0 Å².